The van der Waals surface area contributed by atoms with Crippen LogP contribution in [0.5, 0.6) is 0 Å². The summed E-state index contributed by atoms with van der Waals surface area (Å²) in [6.07, 6.45) is 49.4. The molecule has 3 fully saturated rings. The van der Waals surface area contributed by atoms with Crippen molar-refractivity contribution in [2.45, 2.75) is 497 Å². The molecule has 0 aliphatic carbocycles. The zero-order valence-corrected chi connectivity index (χ0v) is 65.1. The van der Waals surface area contributed by atoms with E-state index in [1.807, 2.05) is 0 Å². The summed E-state index contributed by atoms with van der Waals surface area (Å²) in [5.41, 5.74) is 0. The Morgan fingerprint density at radius 1 is 0.314 bits per heavy atom. The van der Waals surface area contributed by atoms with Crippen LogP contribution in [-0.2, 0) is 33.2 Å². The van der Waals surface area contributed by atoms with E-state index in [4.69, 9.17) is 28.4 Å². The second-order valence-electron chi connectivity index (χ2n) is 31.4. The molecule has 102 heavy (non-hydrogen) atoms. The molecule has 3 aliphatic rings. The Bertz CT molecular complexity index is 1840. The molecule has 17 atom stereocenters. The standard InChI is InChI=1S/C83H161NO18/c1-3-5-7-9-11-13-15-17-19-21-23-25-26-27-28-29-30-31-32-33-34-35-36-37-38-39-40-41-43-45-47-49-51-53-55-57-59-61-71(89)84-66(67(88)60-58-56-54-52-50-48-46-44-42-24-22-20-18-16-14-12-10-8-6-4-2)65-97-81-77(95)74(92)79(69(63-86)99-81)102-83-78(96)75(93)80(70(64-87)100-83)101-82-76(94)73(91)72(90)68(62-85)98-82/h66-70,72-83,85-88,90-96H,3-65H2,1-2H3,(H,84,89). The molecule has 19 nitrogen and oxygen atoms in total. The number of carbonyl (C=O) groups excluding carboxylic acids is 1. The van der Waals surface area contributed by atoms with Crippen LogP contribution in [0.1, 0.15) is 393 Å². The summed E-state index contributed by atoms with van der Waals surface area (Å²) in [6.45, 7) is 1.88. The average molecular weight is 1460 g/mol. The molecule has 0 spiro atoms. The number of amides is 1. The second-order valence-corrected chi connectivity index (χ2v) is 31.4. The lowest BCUT2D eigenvalue weighted by atomic mass is 9.96. The monoisotopic (exact) mass is 1460 g/mol. The van der Waals surface area contributed by atoms with E-state index < -0.39 is 124 Å². The van der Waals surface area contributed by atoms with Crippen LogP contribution >= 0.6 is 0 Å². The van der Waals surface area contributed by atoms with Crippen LogP contribution in [0.3, 0.4) is 0 Å². The van der Waals surface area contributed by atoms with Crippen molar-refractivity contribution >= 4 is 5.91 Å². The summed E-state index contributed by atoms with van der Waals surface area (Å²) in [4.78, 5) is 13.5. The molecule has 12 N–H and O–H groups in total. The van der Waals surface area contributed by atoms with Gasteiger partial charge in [0.1, 0.15) is 73.2 Å². The van der Waals surface area contributed by atoms with Gasteiger partial charge >= 0.3 is 0 Å². The van der Waals surface area contributed by atoms with Crippen molar-refractivity contribution in [1.82, 2.24) is 5.32 Å². The lowest BCUT2D eigenvalue weighted by Gasteiger charge is -2.48. The Morgan fingerprint density at radius 3 is 0.853 bits per heavy atom. The molecule has 0 radical (unpaired) electrons. The van der Waals surface area contributed by atoms with E-state index >= 15 is 0 Å². The normalized spacial score (nSPS) is 26.1. The van der Waals surface area contributed by atoms with Crippen molar-refractivity contribution < 1.29 is 89.4 Å². The molecule has 0 aromatic rings. The predicted molar refractivity (Wildman–Crippen MR) is 407 cm³/mol. The third-order valence-electron chi connectivity index (χ3n) is 22.2. The fraction of sp³-hybridized carbons (Fsp3) is 0.988. The highest BCUT2D eigenvalue weighted by Gasteiger charge is 2.54. The molecule has 3 saturated heterocycles. The number of ether oxygens (including phenoxy) is 6. The SMILES string of the molecule is CCCCCCCCCCCCCCCCCCCCCCCCCCCCCCCCCCCCCCCC(=O)NC(COC1OC(CO)C(OC2OC(CO)C(OC3OC(CO)C(O)C(O)C3O)C(O)C2O)C(O)C1O)C(O)CCCCCCCCCCCCCCCCCCCCCC. The molecule has 17 unspecified atom stereocenters. The number of aliphatic hydroxyl groups is 11. The maximum atomic E-state index is 13.5. The molecule has 0 bridgehead atoms. The fourth-order valence-electron chi connectivity index (χ4n) is 15.3. The minimum Gasteiger partial charge on any atom is -0.394 e. The highest BCUT2D eigenvalue weighted by molar-refractivity contribution is 5.76. The largest absolute Gasteiger partial charge is 0.394 e. The van der Waals surface area contributed by atoms with Gasteiger partial charge in [0.15, 0.2) is 18.9 Å². The zero-order chi connectivity index (χ0) is 73.9. The number of hydrogen-bond donors (Lipinski definition) is 12. The van der Waals surface area contributed by atoms with Gasteiger partial charge in [-0.2, -0.15) is 0 Å². The molecule has 3 aliphatic heterocycles. The third kappa shape index (κ3) is 43.8. The highest BCUT2D eigenvalue weighted by atomic mass is 16.8. The molecule has 1 amide bonds. The Morgan fingerprint density at radius 2 is 0.559 bits per heavy atom. The molecular formula is C83H161NO18. The minimum atomic E-state index is -1.97. The van der Waals surface area contributed by atoms with Gasteiger partial charge < -0.3 is 89.9 Å². The Labute approximate surface area is 621 Å². The maximum Gasteiger partial charge on any atom is 0.220 e. The van der Waals surface area contributed by atoms with Gasteiger partial charge in [0.05, 0.1) is 38.6 Å². The van der Waals surface area contributed by atoms with E-state index in [0.29, 0.717) is 12.8 Å². The lowest BCUT2D eigenvalue weighted by Crippen LogP contribution is -2.66. The maximum absolute atomic E-state index is 13.5. The third-order valence-corrected chi connectivity index (χ3v) is 22.2. The Balaban J connectivity index is 1.30. The molecule has 3 heterocycles. The van der Waals surface area contributed by atoms with Crippen molar-refractivity contribution in [3.8, 4) is 0 Å². The van der Waals surface area contributed by atoms with Gasteiger partial charge in [-0.15, -0.1) is 0 Å². The Kier molecular flexibility index (Phi) is 60.2. The summed E-state index contributed by atoms with van der Waals surface area (Å²) in [5.74, 6) is -0.232. The van der Waals surface area contributed by atoms with Crippen LogP contribution in [-0.4, -0.2) is 193 Å². The molecule has 0 aromatic heterocycles. The van der Waals surface area contributed by atoms with E-state index in [1.54, 1.807) is 0 Å². The van der Waals surface area contributed by atoms with Crippen LogP contribution < -0.4 is 5.32 Å². The summed E-state index contributed by atoms with van der Waals surface area (Å²) >= 11 is 0. The van der Waals surface area contributed by atoms with Crippen LogP contribution in [0, 0.1) is 0 Å². The quantitative estimate of drug-likeness (QED) is 0.0252. The van der Waals surface area contributed by atoms with Crippen LogP contribution in [0.25, 0.3) is 0 Å². The second kappa shape index (κ2) is 64.6. The van der Waals surface area contributed by atoms with E-state index in [2.05, 4.69) is 19.2 Å². The smallest absolute Gasteiger partial charge is 0.220 e. The first-order valence-electron chi connectivity index (χ1n) is 43.3. The summed E-state index contributed by atoms with van der Waals surface area (Å²) in [5, 5.41) is 121. The first kappa shape index (κ1) is 95.0. The van der Waals surface area contributed by atoms with Crippen LogP contribution in [0.2, 0.25) is 0 Å². The molecule has 0 saturated carbocycles. The minimum absolute atomic E-state index is 0.232. The summed E-state index contributed by atoms with van der Waals surface area (Å²) in [7, 11) is 0. The first-order chi connectivity index (χ1) is 49.8. The number of aliphatic hydroxyl groups excluding tert-OH is 11. The molecule has 0 aromatic carbocycles. The van der Waals surface area contributed by atoms with E-state index in [-0.39, 0.29) is 18.9 Å². The van der Waals surface area contributed by atoms with Gasteiger partial charge in [-0.3, -0.25) is 4.79 Å². The highest BCUT2D eigenvalue weighted by Crippen LogP contribution is 2.34. The first-order valence-corrected chi connectivity index (χ1v) is 43.3. The van der Waals surface area contributed by atoms with Crippen molar-refractivity contribution in [2.75, 3.05) is 26.4 Å². The molecular weight excluding hydrogens is 1300 g/mol. The molecule has 19 heteroatoms. The average Bonchev–Trinajstić information content (AvgIpc) is 0.778. The van der Waals surface area contributed by atoms with Gasteiger partial charge in [0, 0.05) is 6.42 Å². The lowest BCUT2D eigenvalue weighted by molar-refractivity contribution is -0.379. The van der Waals surface area contributed by atoms with Crippen molar-refractivity contribution in [2.24, 2.45) is 0 Å². The van der Waals surface area contributed by atoms with E-state index in [9.17, 15) is 61.0 Å². The van der Waals surface area contributed by atoms with Gasteiger partial charge in [-0.05, 0) is 12.8 Å². The number of rotatable bonds is 71. The predicted octanol–water partition coefficient (Wildman–Crippen LogP) is 15.4. The van der Waals surface area contributed by atoms with Crippen LogP contribution in [0.4, 0.5) is 0 Å². The zero-order valence-electron chi connectivity index (χ0n) is 65.1. The van der Waals surface area contributed by atoms with E-state index in [1.165, 1.54) is 315 Å². The number of nitrogens with one attached hydrogen (secondary N) is 1. The number of hydrogen-bond acceptors (Lipinski definition) is 18. The van der Waals surface area contributed by atoms with Crippen molar-refractivity contribution in [3.05, 3.63) is 0 Å². The summed E-state index contributed by atoms with van der Waals surface area (Å²) < 4.78 is 34.6. The van der Waals surface area contributed by atoms with Gasteiger partial charge in [-0.1, -0.05) is 373 Å². The van der Waals surface area contributed by atoms with E-state index in [0.717, 1.165) is 44.9 Å². The van der Waals surface area contributed by atoms with Gasteiger partial charge in [-0.25, -0.2) is 0 Å². The van der Waals surface area contributed by atoms with Crippen molar-refractivity contribution in [1.29, 1.82) is 0 Å². The number of carbonyl (C=O) groups is 1. The molecule has 606 valence electrons. The number of unbranched alkanes of at least 4 members (excludes halogenated alkanes) is 55. The fourth-order valence-corrected chi connectivity index (χ4v) is 15.3. The van der Waals surface area contributed by atoms with Crippen LogP contribution in [0.15, 0.2) is 0 Å². The Hall–Kier alpha value is -1.21. The summed E-state index contributed by atoms with van der Waals surface area (Å²) in [6, 6.07) is -0.883. The molecule has 3 rings (SSSR count). The van der Waals surface area contributed by atoms with Crippen molar-refractivity contribution in [3.63, 3.8) is 0 Å². The topological polar surface area (TPSA) is 307 Å². The van der Waals surface area contributed by atoms with Gasteiger partial charge in [0.25, 0.3) is 0 Å². The van der Waals surface area contributed by atoms with Gasteiger partial charge in [0.2, 0.25) is 5.91 Å².